The molecule has 0 radical (unpaired) electrons. The average molecular weight is 155 g/mol. The van der Waals surface area contributed by atoms with Crippen molar-refractivity contribution in [3.63, 3.8) is 0 Å². The minimum absolute atomic E-state index is 0.538. The van der Waals surface area contributed by atoms with Crippen LogP contribution in [0.15, 0.2) is 12.8 Å². The lowest BCUT2D eigenvalue weighted by molar-refractivity contribution is 0.0842. The molecule has 0 aliphatic carbocycles. The summed E-state index contributed by atoms with van der Waals surface area (Å²) in [7, 11) is 0. The van der Waals surface area contributed by atoms with Gasteiger partial charge in [0.2, 0.25) is 0 Å². The van der Waals surface area contributed by atoms with Crippen LogP contribution in [0.2, 0.25) is 0 Å². The van der Waals surface area contributed by atoms with Crippen LogP contribution >= 0.6 is 0 Å². The summed E-state index contributed by atoms with van der Waals surface area (Å²) in [4.78, 5) is 0. The van der Waals surface area contributed by atoms with Crippen molar-refractivity contribution in [2.75, 3.05) is 19.8 Å². The van der Waals surface area contributed by atoms with Crippen LogP contribution in [0.5, 0.6) is 0 Å². The summed E-state index contributed by atoms with van der Waals surface area (Å²) in [6.45, 7) is 5.12. The summed E-state index contributed by atoms with van der Waals surface area (Å²) in [5, 5.41) is 8.16. The first-order chi connectivity index (χ1) is 5.41. The Bertz CT molecular complexity index is 129. The minimum atomic E-state index is 0.538. The van der Waals surface area contributed by atoms with Gasteiger partial charge < -0.3 is 9.47 Å². The molecular weight excluding hydrogens is 142 g/mol. The van der Waals surface area contributed by atoms with Crippen LogP contribution < -0.4 is 0 Å². The summed E-state index contributed by atoms with van der Waals surface area (Å²) in [5.41, 5.74) is 0. The van der Waals surface area contributed by atoms with Crippen LogP contribution in [0.1, 0.15) is 12.8 Å². The van der Waals surface area contributed by atoms with Gasteiger partial charge in [-0.05, 0) is 6.42 Å². The van der Waals surface area contributed by atoms with E-state index in [0.29, 0.717) is 26.2 Å². The number of rotatable bonds is 7. The Morgan fingerprint density at radius 2 is 2.18 bits per heavy atom. The molecule has 0 N–H and O–H groups in total. The van der Waals surface area contributed by atoms with Crippen LogP contribution in [0.25, 0.3) is 0 Å². The van der Waals surface area contributed by atoms with Crippen LogP contribution in [0, 0.1) is 11.3 Å². The maximum absolute atomic E-state index is 8.16. The molecule has 0 saturated carbocycles. The minimum Gasteiger partial charge on any atom is -0.499 e. The first kappa shape index (κ1) is 9.99. The molecule has 0 saturated heterocycles. The second kappa shape index (κ2) is 8.99. The topological polar surface area (TPSA) is 42.2 Å². The zero-order valence-electron chi connectivity index (χ0n) is 6.58. The Morgan fingerprint density at radius 1 is 1.36 bits per heavy atom. The quantitative estimate of drug-likeness (QED) is 0.413. The molecule has 0 fully saturated rings. The van der Waals surface area contributed by atoms with Crippen molar-refractivity contribution >= 4 is 0 Å². The van der Waals surface area contributed by atoms with Gasteiger partial charge in [0.25, 0.3) is 0 Å². The molecule has 0 unspecified atom stereocenters. The summed E-state index contributed by atoms with van der Waals surface area (Å²) in [6.07, 6.45) is 2.74. The van der Waals surface area contributed by atoms with E-state index in [1.54, 1.807) is 0 Å². The molecule has 0 aliphatic heterocycles. The lowest BCUT2D eigenvalue weighted by atomic mass is 10.3. The Kier molecular flexibility index (Phi) is 8.16. The first-order valence-corrected chi connectivity index (χ1v) is 3.59. The second-order valence-electron chi connectivity index (χ2n) is 1.91. The standard InChI is InChI=1S/C8H13NO2/c1-2-10-7-8-11-6-4-3-5-9/h2H,1,3-4,6-8H2. The Morgan fingerprint density at radius 3 is 2.82 bits per heavy atom. The van der Waals surface area contributed by atoms with E-state index in [9.17, 15) is 0 Å². The fourth-order valence-electron chi connectivity index (χ4n) is 0.546. The van der Waals surface area contributed by atoms with E-state index in [-0.39, 0.29) is 0 Å². The van der Waals surface area contributed by atoms with E-state index in [0.717, 1.165) is 6.42 Å². The molecular formula is C8H13NO2. The lowest BCUT2D eigenvalue weighted by Crippen LogP contribution is -2.02. The van der Waals surface area contributed by atoms with Crippen LogP contribution in [-0.4, -0.2) is 19.8 Å². The van der Waals surface area contributed by atoms with E-state index >= 15 is 0 Å². The molecule has 11 heavy (non-hydrogen) atoms. The number of hydrogen-bond acceptors (Lipinski definition) is 3. The molecule has 3 nitrogen and oxygen atoms in total. The molecule has 0 heterocycles. The number of unbranched alkanes of at least 4 members (excludes halogenated alkanes) is 1. The van der Waals surface area contributed by atoms with Gasteiger partial charge in [-0.25, -0.2) is 0 Å². The largest absolute Gasteiger partial charge is 0.499 e. The molecule has 0 aromatic carbocycles. The van der Waals surface area contributed by atoms with Crippen molar-refractivity contribution in [1.82, 2.24) is 0 Å². The fourth-order valence-corrected chi connectivity index (χ4v) is 0.546. The highest BCUT2D eigenvalue weighted by Crippen LogP contribution is 1.87. The van der Waals surface area contributed by atoms with Gasteiger partial charge in [0.1, 0.15) is 6.61 Å². The van der Waals surface area contributed by atoms with E-state index in [4.69, 9.17) is 14.7 Å². The van der Waals surface area contributed by atoms with Gasteiger partial charge in [-0.2, -0.15) is 5.26 Å². The van der Waals surface area contributed by atoms with Gasteiger partial charge in [0, 0.05) is 13.0 Å². The third kappa shape index (κ3) is 8.99. The lowest BCUT2D eigenvalue weighted by Gasteiger charge is -2.01. The zero-order chi connectivity index (χ0) is 8.36. The van der Waals surface area contributed by atoms with E-state index in [1.807, 2.05) is 6.07 Å². The Balaban J connectivity index is 2.80. The molecule has 0 rings (SSSR count). The van der Waals surface area contributed by atoms with E-state index < -0.39 is 0 Å². The monoisotopic (exact) mass is 155 g/mol. The highest BCUT2D eigenvalue weighted by atomic mass is 16.5. The molecule has 0 spiro atoms. The smallest absolute Gasteiger partial charge is 0.111 e. The maximum atomic E-state index is 8.16. The van der Waals surface area contributed by atoms with Crippen LogP contribution in [0.4, 0.5) is 0 Å². The average Bonchev–Trinajstić information content (AvgIpc) is 2.03. The normalized spacial score (nSPS) is 8.64. The maximum Gasteiger partial charge on any atom is 0.111 e. The van der Waals surface area contributed by atoms with Crippen LogP contribution in [0.3, 0.4) is 0 Å². The van der Waals surface area contributed by atoms with Gasteiger partial charge in [-0.15, -0.1) is 0 Å². The summed E-state index contributed by atoms with van der Waals surface area (Å²) < 4.78 is 9.93. The van der Waals surface area contributed by atoms with Crippen molar-refractivity contribution in [3.05, 3.63) is 12.8 Å². The molecule has 0 aromatic rings. The number of nitriles is 1. The van der Waals surface area contributed by atoms with Gasteiger partial charge >= 0.3 is 0 Å². The van der Waals surface area contributed by atoms with Crippen molar-refractivity contribution in [3.8, 4) is 6.07 Å². The summed E-state index contributed by atoms with van der Waals surface area (Å²) in [6, 6.07) is 2.04. The molecule has 0 amide bonds. The van der Waals surface area contributed by atoms with Gasteiger partial charge in [-0.3, -0.25) is 0 Å². The van der Waals surface area contributed by atoms with Crippen molar-refractivity contribution in [1.29, 1.82) is 5.26 Å². The van der Waals surface area contributed by atoms with Gasteiger partial charge in [0.05, 0.1) is 18.9 Å². The SMILES string of the molecule is C=COCCOCCCC#N. The first-order valence-electron chi connectivity index (χ1n) is 3.59. The summed E-state index contributed by atoms with van der Waals surface area (Å²) in [5.74, 6) is 0. The van der Waals surface area contributed by atoms with Crippen LogP contribution in [-0.2, 0) is 9.47 Å². The molecule has 0 atom stereocenters. The van der Waals surface area contributed by atoms with Crippen molar-refractivity contribution < 1.29 is 9.47 Å². The highest BCUT2D eigenvalue weighted by molar-refractivity contribution is 4.67. The third-order valence-electron chi connectivity index (χ3n) is 1.04. The number of ether oxygens (including phenoxy) is 2. The summed E-state index contributed by atoms with van der Waals surface area (Å²) >= 11 is 0. The van der Waals surface area contributed by atoms with E-state index in [2.05, 4.69) is 6.58 Å². The highest BCUT2D eigenvalue weighted by Gasteiger charge is 1.87. The fraction of sp³-hybridized carbons (Fsp3) is 0.625. The number of nitrogens with zero attached hydrogens (tertiary/aromatic N) is 1. The molecule has 0 aliphatic rings. The molecule has 0 bridgehead atoms. The van der Waals surface area contributed by atoms with Gasteiger partial charge in [-0.1, -0.05) is 6.58 Å². The van der Waals surface area contributed by atoms with Crippen molar-refractivity contribution in [2.24, 2.45) is 0 Å². The predicted molar refractivity (Wildman–Crippen MR) is 41.8 cm³/mol. The van der Waals surface area contributed by atoms with Crippen molar-refractivity contribution in [2.45, 2.75) is 12.8 Å². The molecule has 0 aromatic heterocycles. The predicted octanol–water partition coefficient (Wildman–Crippen LogP) is 1.47. The zero-order valence-corrected chi connectivity index (χ0v) is 6.58. The molecule has 62 valence electrons. The Hall–Kier alpha value is -1.01. The van der Waals surface area contributed by atoms with E-state index in [1.165, 1.54) is 6.26 Å². The Labute approximate surface area is 67.2 Å². The number of hydrogen-bond donors (Lipinski definition) is 0. The second-order valence-corrected chi connectivity index (χ2v) is 1.91. The third-order valence-corrected chi connectivity index (χ3v) is 1.04. The molecule has 3 heteroatoms. The van der Waals surface area contributed by atoms with Gasteiger partial charge in [0.15, 0.2) is 0 Å².